The van der Waals surface area contributed by atoms with Crippen LogP contribution in [-0.4, -0.2) is 0 Å². The lowest BCUT2D eigenvalue weighted by atomic mass is 9.77. The van der Waals surface area contributed by atoms with Crippen molar-refractivity contribution in [3.8, 4) is 5.75 Å². The Balaban J connectivity index is 1.36. The van der Waals surface area contributed by atoms with Crippen LogP contribution in [0.15, 0.2) is 72.8 Å². The van der Waals surface area contributed by atoms with Gasteiger partial charge in [0, 0.05) is 10.9 Å². The summed E-state index contributed by atoms with van der Waals surface area (Å²) in [5.41, 5.74) is 5.86. The summed E-state index contributed by atoms with van der Waals surface area (Å²) in [6.07, 6.45) is 5.60. The molecule has 0 unspecified atom stereocenters. The monoisotopic (exact) mass is 435 g/mol. The van der Waals surface area contributed by atoms with E-state index in [-0.39, 0.29) is 6.04 Å². The predicted octanol–water partition coefficient (Wildman–Crippen LogP) is 7.71. The van der Waals surface area contributed by atoms with Crippen LogP contribution in [0.25, 0.3) is 0 Å². The first-order valence-corrected chi connectivity index (χ1v) is 11.0. The van der Waals surface area contributed by atoms with Crippen LogP contribution in [0.1, 0.15) is 40.6 Å². The van der Waals surface area contributed by atoms with Gasteiger partial charge in [-0.05, 0) is 60.2 Å². The highest BCUT2D eigenvalue weighted by atomic mass is 35.5. The Labute approximate surface area is 187 Å². The molecule has 4 heteroatoms. The first-order chi connectivity index (χ1) is 14.6. The third-order valence-corrected chi connectivity index (χ3v) is 6.67. The fraction of sp³-hybridized carbons (Fsp3) is 0.231. The van der Waals surface area contributed by atoms with Gasteiger partial charge in [0.05, 0.1) is 16.8 Å². The van der Waals surface area contributed by atoms with Crippen molar-refractivity contribution in [3.63, 3.8) is 0 Å². The quantitative estimate of drug-likeness (QED) is 0.423. The second-order valence-electron chi connectivity index (χ2n) is 8.17. The van der Waals surface area contributed by atoms with E-state index in [1.165, 1.54) is 22.3 Å². The summed E-state index contributed by atoms with van der Waals surface area (Å²) in [4.78, 5) is 0. The molecule has 152 valence electrons. The fourth-order valence-corrected chi connectivity index (χ4v) is 5.14. The minimum Gasteiger partial charge on any atom is -0.489 e. The molecule has 5 rings (SSSR count). The Kier molecular flexibility index (Phi) is 5.22. The summed E-state index contributed by atoms with van der Waals surface area (Å²) in [6, 6.07) is 20.9. The number of aryl methyl sites for hydroxylation is 1. The number of hydrogen-bond donors (Lipinski definition) is 1. The molecule has 2 nitrogen and oxygen atoms in total. The molecule has 0 bridgehead atoms. The summed E-state index contributed by atoms with van der Waals surface area (Å²) in [7, 11) is 0. The van der Waals surface area contributed by atoms with Crippen LogP contribution in [0.3, 0.4) is 0 Å². The number of rotatable bonds is 4. The van der Waals surface area contributed by atoms with Crippen LogP contribution >= 0.6 is 23.2 Å². The van der Waals surface area contributed by atoms with Gasteiger partial charge >= 0.3 is 0 Å². The summed E-state index contributed by atoms with van der Waals surface area (Å²) >= 11 is 12.8. The third-order valence-electron chi connectivity index (χ3n) is 6.15. The smallest absolute Gasteiger partial charge is 0.119 e. The Morgan fingerprint density at radius 3 is 2.53 bits per heavy atom. The summed E-state index contributed by atoms with van der Waals surface area (Å²) < 4.78 is 5.98. The zero-order chi connectivity index (χ0) is 20.7. The van der Waals surface area contributed by atoms with Gasteiger partial charge in [0.15, 0.2) is 0 Å². The van der Waals surface area contributed by atoms with E-state index in [2.05, 4.69) is 72.9 Å². The molecule has 0 amide bonds. The molecular weight excluding hydrogens is 413 g/mol. The van der Waals surface area contributed by atoms with Crippen LogP contribution in [0.5, 0.6) is 5.75 Å². The van der Waals surface area contributed by atoms with Gasteiger partial charge in [0.1, 0.15) is 12.4 Å². The molecule has 30 heavy (non-hydrogen) atoms. The van der Waals surface area contributed by atoms with E-state index in [9.17, 15) is 0 Å². The molecule has 3 aromatic carbocycles. The molecule has 3 aromatic rings. The van der Waals surface area contributed by atoms with Crippen molar-refractivity contribution in [2.45, 2.75) is 31.9 Å². The molecular formula is C26H23Cl2NO. The number of allylic oxidation sites excluding steroid dienone is 2. The Morgan fingerprint density at radius 2 is 1.77 bits per heavy atom. The fourth-order valence-electron chi connectivity index (χ4n) is 4.57. The van der Waals surface area contributed by atoms with E-state index < -0.39 is 0 Å². The van der Waals surface area contributed by atoms with Gasteiger partial charge in [-0.3, -0.25) is 0 Å². The lowest BCUT2D eigenvalue weighted by Crippen LogP contribution is -2.29. The number of hydrogen-bond acceptors (Lipinski definition) is 2. The van der Waals surface area contributed by atoms with Crippen molar-refractivity contribution >= 4 is 28.9 Å². The zero-order valence-corrected chi connectivity index (χ0v) is 18.3. The SMILES string of the molecule is Cc1ccc(COc2ccc([C@@H]3Nc4c(Cl)cc(Cl)cc4[C@@H]4C=CC[C@@H]43)cc2)cc1. The van der Waals surface area contributed by atoms with Crippen molar-refractivity contribution in [2.24, 2.45) is 5.92 Å². The van der Waals surface area contributed by atoms with Crippen LogP contribution in [0.2, 0.25) is 10.0 Å². The standard InChI is InChI=1S/C26H23Cl2NO/c1-16-5-7-17(8-6-16)15-30-20-11-9-18(10-12-20)25-22-4-2-3-21(22)23-13-19(27)14-24(28)26(23)29-25/h2-3,5-14,21-22,25,29H,4,15H2,1H3/t21-,22+,25+/m1/s1. The van der Waals surface area contributed by atoms with Crippen LogP contribution in [0.4, 0.5) is 5.69 Å². The first-order valence-electron chi connectivity index (χ1n) is 10.3. The van der Waals surface area contributed by atoms with Gasteiger partial charge in [-0.2, -0.15) is 0 Å². The second kappa shape index (κ2) is 8.02. The van der Waals surface area contributed by atoms with Crippen molar-refractivity contribution < 1.29 is 4.74 Å². The Morgan fingerprint density at radius 1 is 1.00 bits per heavy atom. The third kappa shape index (κ3) is 3.71. The lowest BCUT2D eigenvalue weighted by Gasteiger charge is -2.38. The van der Waals surface area contributed by atoms with E-state index in [1.807, 2.05) is 12.1 Å². The number of nitrogens with one attached hydrogen (secondary N) is 1. The molecule has 3 atom stereocenters. The predicted molar refractivity (Wildman–Crippen MR) is 125 cm³/mol. The van der Waals surface area contributed by atoms with Gasteiger partial charge in [-0.15, -0.1) is 0 Å². The van der Waals surface area contributed by atoms with E-state index >= 15 is 0 Å². The van der Waals surface area contributed by atoms with Gasteiger partial charge in [-0.25, -0.2) is 0 Å². The van der Waals surface area contributed by atoms with E-state index in [4.69, 9.17) is 27.9 Å². The van der Waals surface area contributed by atoms with Gasteiger partial charge in [-0.1, -0.05) is 77.3 Å². The Bertz CT molecular complexity index is 1090. The average molecular weight is 436 g/mol. The van der Waals surface area contributed by atoms with Crippen LogP contribution < -0.4 is 10.1 Å². The minimum atomic E-state index is 0.197. The highest BCUT2D eigenvalue weighted by Gasteiger charge is 2.38. The minimum absolute atomic E-state index is 0.197. The number of ether oxygens (including phenoxy) is 1. The van der Waals surface area contributed by atoms with E-state index in [0.29, 0.717) is 28.5 Å². The van der Waals surface area contributed by atoms with Gasteiger partial charge < -0.3 is 10.1 Å². The molecule has 0 saturated carbocycles. The van der Waals surface area contributed by atoms with Crippen molar-refractivity contribution in [1.29, 1.82) is 0 Å². The zero-order valence-electron chi connectivity index (χ0n) is 16.7. The maximum absolute atomic E-state index is 6.53. The molecule has 1 aliphatic heterocycles. The second-order valence-corrected chi connectivity index (χ2v) is 9.01. The number of fused-ring (bicyclic) bond motifs is 3. The van der Waals surface area contributed by atoms with Crippen LogP contribution in [-0.2, 0) is 6.61 Å². The molecule has 0 spiro atoms. The summed E-state index contributed by atoms with van der Waals surface area (Å²) in [5, 5.41) is 5.06. The maximum atomic E-state index is 6.53. The molecule has 2 aliphatic rings. The average Bonchev–Trinajstić information content (AvgIpc) is 3.24. The Hall–Kier alpha value is -2.42. The van der Waals surface area contributed by atoms with E-state index in [1.54, 1.807) is 0 Å². The van der Waals surface area contributed by atoms with Gasteiger partial charge in [0.2, 0.25) is 0 Å². The highest BCUT2D eigenvalue weighted by molar-refractivity contribution is 6.36. The van der Waals surface area contributed by atoms with Crippen molar-refractivity contribution in [3.05, 3.63) is 105 Å². The molecule has 1 heterocycles. The molecule has 1 N–H and O–H groups in total. The summed E-state index contributed by atoms with van der Waals surface area (Å²) in [5.74, 6) is 1.66. The molecule has 0 fully saturated rings. The first kappa shape index (κ1) is 19.5. The van der Waals surface area contributed by atoms with Crippen molar-refractivity contribution in [1.82, 2.24) is 0 Å². The molecule has 1 aliphatic carbocycles. The summed E-state index contributed by atoms with van der Waals surface area (Å²) in [6.45, 7) is 2.66. The molecule has 0 radical (unpaired) electrons. The van der Waals surface area contributed by atoms with Crippen molar-refractivity contribution in [2.75, 3.05) is 5.32 Å². The molecule has 0 aromatic heterocycles. The van der Waals surface area contributed by atoms with Gasteiger partial charge in [0.25, 0.3) is 0 Å². The molecule has 0 saturated heterocycles. The van der Waals surface area contributed by atoms with E-state index in [0.717, 1.165) is 17.9 Å². The topological polar surface area (TPSA) is 21.3 Å². The largest absolute Gasteiger partial charge is 0.489 e. The number of halogens is 2. The van der Waals surface area contributed by atoms with Crippen LogP contribution in [0, 0.1) is 12.8 Å². The maximum Gasteiger partial charge on any atom is 0.119 e. The number of anilines is 1. The normalized spacial score (nSPS) is 21.6. The highest BCUT2D eigenvalue weighted by Crippen LogP contribution is 2.52. The number of benzene rings is 3. The lowest BCUT2D eigenvalue weighted by molar-refractivity contribution is 0.306.